The van der Waals surface area contributed by atoms with Gasteiger partial charge in [-0.2, -0.15) is 13.2 Å². The standard InChI is InChI=1S/C21H20F4N4O/c1-29-9-3-4-13(11-29)26-20-15-5-2-6-16(22)18(15)19(27-28-20)14-8-7-12(10-17(14)30)21(23,24)25/h2,5-8,10,13,30H,3-4,9,11H2,1H3,(H,26,28)/t13-/m1/s1. The van der Waals surface area contributed by atoms with E-state index in [1.807, 2.05) is 7.05 Å². The first kappa shape index (κ1) is 20.3. The van der Waals surface area contributed by atoms with Gasteiger partial charge < -0.3 is 15.3 Å². The van der Waals surface area contributed by atoms with Crippen LogP contribution in [-0.2, 0) is 6.18 Å². The number of anilines is 1. The van der Waals surface area contributed by atoms with Crippen LogP contribution in [0.15, 0.2) is 36.4 Å². The maximum absolute atomic E-state index is 14.8. The van der Waals surface area contributed by atoms with E-state index in [0.717, 1.165) is 38.1 Å². The first-order chi connectivity index (χ1) is 14.2. The maximum Gasteiger partial charge on any atom is 0.416 e. The Morgan fingerprint density at radius 3 is 2.67 bits per heavy atom. The minimum atomic E-state index is -4.60. The average molecular weight is 420 g/mol. The molecule has 0 radical (unpaired) electrons. The van der Waals surface area contributed by atoms with Crippen LogP contribution in [0.1, 0.15) is 18.4 Å². The first-order valence-electron chi connectivity index (χ1n) is 9.54. The normalized spacial score (nSPS) is 18.0. The van der Waals surface area contributed by atoms with E-state index < -0.39 is 23.3 Å². The van der Waals surface area contributed by atoms with E-state index >= 15 is 0 Å². The lowest BCUT2D eigenvalue weighted by atomic mass is 10.0. The van der Waals surface area contributed by atoms with Gasteiger partial charge in [0.2, 0.25) is 0 Å². The van der Waals surface area contributed by atoms with Crippen LogP contribution in [0.2, 0.25) is 0 Å². The summed E-state index contributed by atoms with van der Waals surface area (Å²) in [7, 11) is 2.02. The third kappa shape index (κ3) is 3.89. The fourth-order valence-corrected chi connectivity index (χ4v) is 3.85. The predicted molar refractivity (Wildman–Crippen MR) is 106 cm³/mol. The van der Waals surface area contributed by atoms with Crippen molar-refractivity contribution >= 4 is 16.6 Å². The molecule has 1 fully saturated rings. The molecule has 1 aromatic heterocycles. The number of nitrogens with zero attached hydrogens (tertiary/aromatic N) is 3. The number of piperidine rings is 1. The smallest absolute Gasteiger partial charge is 0.416 e. The van der Waals surface area contributed by atoms with Crippen molar-refractivity contribution in [3.8, 4) is 17.0 Å². The summed E-state index contributed by atoms with van der Waals surface area (Å²) in [6.07, 6.45) is -2.65. The number of phenols is 1. The quantitative estimate of drug-likeness (QED) is 0.604. The summed E-state index contributed by atoms with van der Waals surface area (Å²) >= 11 is 0. The third-order valence-electron chi connectivity index (χ3n) is 5.30. The summed E-state index contributed by atoms with van der Waals surface area (Å²) in [6.45, 7) is 1.81. The van der Waals surface area contributed by atoms with Gasteiger partial charge in [-0.15, -0.1) is 10.2 Å². The predicted octanol–water partition coefficient (Wildman–Crippen LogP) is 4.67. The van der Waals surface area contributed by atoms with Gasteiger partial charge in [-0.25, -0.2) is 4.39 Å². The summed E-state index contributed by atoms with van der Waals surface area (Å²) in [5, 5.41) is 22.3. The summed E-state index contributed by atoms with van der Waals surface area (Å²) in [6, 6.07) is 7.08. The lowest BCUT2D eigenvalue weighted by Gasteiger charge is -2.30. The Labute approximate surface area is 170 Å². The van der Waals surface area contributed by atoms with Gasteiger partial charge in [0, 0.05) is 28.9 Å². The highest BCUT2D eigenvalue weighted by molar-refractivity contribution is 6.01. The minimum absolute atomic E-state index is 0.0133. The van der Waals surface area contributed by atoms with E-state index in [2.05, 4.69) is 20.4 Å². The monoisotopic (exact) mass is 420 g/mol. The van der Waals surface area contributed by atoms with Gasteiger partial charge in [0.1, 0.15) is 17.3 Å². The molecule has 1 aliphatic heterocycles. The largest absolute Gasteiger partial charge is 0.507 e. The summed E-state index contributed by atoms with van der Waals surface area (Å²) in [5.74, 6) is -0.834. The average Bonchev–Trinajstić information content (AvgIpc) is 2.68. The molecule has 2 aromatic carbocycles. The number of likely N-dealkylation sites (tertiary alicyclic amines) is 1. The fraction of sp³-hybridized carbons (Fsp3) is 0.333. The molecular weight excluding hydrogens is 400 g/mol. The highest BCUT2D eigenvalue weighted by atomic mass is 19.4. The third-order valence-corrected chi connectivity index (χ3v) is 5.30. The number of aromatic nitrogens is 2. The second-order valence-corrected chi connectivity index (χ2v) is 7.54. The maximum atomic E-state index is 14.8. The van der Waals surface area contributed by atoms with Crippen molar-refractivity contribution in [2.75, 3.05) is 25.5 Å². The van der Waals surface area contributed by atoms with E-state index in [9.17, 15) is 22.7 Å². The van der Waals surface area contributed by atoms with E-state index in [1.54, 1.807) is 6.07 Å². The Hall–Kier alpha value is -2.94. The van der Waals surface area contributed by atoms with Gasteiger partial charge >= 0.3 is 6.18 Å². The van der Waals surface area contributed by atoms with Crippen molar-refractivity contribution in [3.05, 3.63) is 47.8 Å². The number of aromatic hydroxyl groups is 1. The molecule has 0 spiro atoms. The Bertz CT molecular complexity index is 1090. The zero-order valence-electron chi connectivity index (χ0n) is 16.2. The molecular formula is C21H20F4N4O. The fourth-order valence-electron chi connectivity index (χ4n) is 3.85. The van der Waals surface area contributed by atoms with Gasteiger partial charge in [-0.05, 0) is 50.7 Å². The number of rotatable bonds is 3. The zero-order chi connectivity index (χ0) is 21.5. The molecule has 0 aliphatic carbocycles. The second kappa shape index (κ2) is 7.71. The van der Waals surface area contributed by atoms with Gasteiger partial charge in [0.05, 0.1) is 5.56 Å². The number of benzene rings is 2. The highest BCUT2D eigenvalue weighted by Crippen LogP contribution is 2.39. The number of hydrogen-bond acceptors (Lipinski definition) is 5. The molecule has 9 heteroatoms. The van der Waals surface area contributed by atoms with Crippen molar-refractivity contribution < 1.29 is 22.7 Å². The Morgan fingerprint density at radius 1 is 1.17 bits per heavy atom. The number of phenolic OH excluding ortho intramolecular Hbond substituents is 1. The number of hydrogen-bond donors (Lipinski definition) is 2. The molecule has 1 aliphatic rings. The molecule has 0 unspecified atom stereocenters. The Balaban J connectivity index is 1.79. The van der Waals surface area contributed by atoms with Gasteiger partial charge in [-0.3, -0.25) is 0 Å². The van der Waals surface area contributed by atoms with Crippen LogP contribution >= 0.6 is 0 Å². The van der Waals surface area contributed by atoms with Crippen LogP contribution in [0.5, 0.6) is 5.75 Å². The van der Waals surface area contributed by atoms with Gasteiger partial charge in [0.15, 0.2) is 5.82 Å². The van der Waals surface area contributed by atoms with Crippen LogP contribution in [0, 0.1) is 5.82 Å². The van der Waals surface area contributed by atoms with E-state index in [4.69, 9.17) is 0 Å². The van der Waals surface area contributed by atoms with Crippen molar-refractivity contribution in [3.63, 3.8) is 0 Å². The molecule has 0 amide bonds. The summed E-state index contributed by atoms with van der Waals surface area (Å²) < 4.78 is 53.5. The highest BCUT2D eigenvalue weighted by Gasteiger charge is 2.31. The number of alkyl halides is 3. The van der Waals surface area contributed by atoms with Crippen LogP contribution in [0.4, 0.5) is 23.4 Å². The molecule has 1 atom stereocenters. The lowest BCUT2D eigenvalue weighted by Crippen LogP contribution is -2.40. The van der Waals surface area contributed by atoms with Crippen LogP contribution in [-0.4, -0.2) is 46.4 Å². The van der Waals surface area contributed by atoms with Crippen LogP contribution in [0.3, 0.4) is 0 Å². The first-order valence-corrected chi connectivity index (χ1v) is 9.54. The number of nitrogens with one attached hydrogen (secondary N) is 1. The topological polar surface area (TPSA) is 61.3 Å². The zero-order valence-corrected chi connectivity index (χ0v) is 16.2. The van der Waals surface area contributed by atoms with Crippen molar-refractivity contribution in [1.29, 1.82) is 0 Å². The van der Waals surface area contributed by atoms with Gasteiger partial charge in [-0.1, -0.05) is 12.1 Å². The molecule has 0 bridgehead atoms. The van der Waals surface area contributed by atoms with E-state index in [1.165, 1.54) is 12.1 Å². The van der Waals surface area contributed by atoms with Crippen molar-refractivity contribution in [1.82, 2.24) is 15.1 Å². The SMILES string of the molecule is CN1CCC[C@@H](Nc2nnc(-c3ccc(C(F)(F)F)cc3O)c3c(F)cccc23)C1. The molecule has 2 N–H and O–H groups in total. The van der Waals surface area contributed by atoms with Crippen molar-refractivity contribution in [2.24, 2.45) is 0 Å². The van der Waals surface area contributed by atoms with Crippen molar-refractivity contribution in [2.45, 2.75) is 25.1 Å². The molecule has 30 heavy (non-hydrogen) atoms. The number of halogens is 4. The number of fused-ring (bicyclic) bond motifs is 1. The molecule has 2 heterocycles. The van der Waals surface area contributed by atoms with Gasteiger partial charge in [0.25, 0.3) is 0 Å². The Morgan fingerprint density at radius 2 is 1.97 bits per heavy atom. The molecule has 3 aromatic rings. The molecule has 5 nitrogen and oxygen atoms in total. The molecule has 158 valence electrons. The minimum Gasteiger partial charge on any atom is -0.507 e. The molecule has 4 rings (SSSR count). The van der Waals surface area contributed by atoms with E-state index in [0.29, 0.717) is 17.3 Å². The van der Waals surface area contributed by atoms with Crippen LogP contribution < -0.4 is 5.32 Å². The summed E-state index contributed by atoms with van der Waals surface area (Å²) in [5.41, 5.74) is -1.03. The molecule has 0 saturated carbocycles. The van der Waals surface area contributed by atoms with Crippen LogP contribution in [0.25, 0.3) is 22.0 Å². The second-order valence-electron chi connectivity index (χ2n) is 7.54. The lowest BCUT2D eigenvalue weighted by molar-refractivity contribution is -0.137. The Kier molecular flexibility index (Phi) is 5.23. The van der Waals surface area contributed by atoms with E-state index in [-0.39, 0.29) is 22.7 Å². The number of likely N-dealkylation sites (N-methyl/N-ethyl adjacent to an activating group) is 1. The summed E-state index contributed by atoms with van der Waals surface area (Å²) in [4.78, 5) is 2.19. The molecule has 1 saturated heterocycles.